The van der Waals surface area contributed by atoms with Gasteiger partial charge in [-0.15, -0.1) is 0 Å². The average molecular weight is 403 g/mol. The molecule has 4 rings (SSSR count). The Labute approximate surface area is 174 Å². The van der Waals surface area contributed by atoms with Crippen molar-refractivity contribution in [3.63, 3.8) is 0 Å². The lowest BCUT2D eigenvalue weighted by atomic mass is 9.82. The van der Waals surface area contributed by atoms with Gasteiger partial charge in [-0.3, -0.25) is 4.68 Å². The number of amides is 1. The predicted molar refractivity (Wildman–Crippen MR) is 111 cm³/mol. The van der Waals surface area contributed by atoms with Crippen LogP contribution in [0, 0.1) is 0 Å². The van der Waals surface area contributed by atoms with Gasteiger partial charge in [0.05, 0.1) is 17.2 Å². The standard InChI is InChI=1S/C21H34BN3O4/c1-19(2,3)27-18(26)25-15-8-9-16(25)11-17(10-15)24-13-14(12-23-24)22-28-20(4,5)21(6,7)29-22/h12-13,15-17H,8-11H2,1-7H3/t15-,16+,17?. The van der Waals surface area contributed by atoms with Crippen LogP contribution in [0.1, 0.15) is 80.2 Å². The second-order valence-corrected chi connectivity index (χ2v) is 10.7. The highest BCUT2D eigenvalue weighted by Gasteiger charge is 2.52. The van der Waals surface area contributed by atoms with Gasteiger partial charge >= 0.3 is 13.2 Å². The van der Waals surface area contributed by atoms with Crippen LogP contribution in [-0.4, -0.2) is 56.8 Å². The minimum absolute atomic E-state index is 0.179. The molecule has 3 atom stereocenters. The Morgan fingerprint density at radius 2 is 1.66 bits per heavy atom. The monoisotopic (exact) mass is 403 g/mol. The number of hydrogen-bond acceptors (Lipinski definition) is 5. The van der Waals surface area contributed by atoms with E-state index in [9.17, 15) is 4.79 Å². The quantitative estimate of drug-likeness (QED) is 0.709. The Kier molecular flexibility index (Phi) is 4.82. The molecule has 2 bridgehead atoms. The van der Waals surface area contributed by atoms with Crippen LogP contribution in [0.3, 0.4) is 0 Å². The maximum atomic E-state index is 12.7. The van der Waals surface area contributed by atoms with Crippen molar-refractivity contribution in [3.05, 3.63) is 12.4 Å². The summed E-state index contributed by atoms with van der Waals surface area (Å²) < 4.78 is 20.0. The van der Waals surface area contributed by atoms with Crippen LogP contribution in [0.5, 0.6) is 0 Å². The number of aromatic nitrogens is 2. The molecule has 8 heteroatoms. The first-order chi connectivity index (χ1) is 13.4. The highest BCUT2D eigenvalue weighted by molar-refractivity contribution is 6.62. The van der Waals surface area contributed by atoms with Gasteiger partial charge in [0.25, 0.3) is 0 Å². The molecule has 29 heavy (non-hydrogen) atoms. The van der Waals surface area contributed by atoms with E-state index in [0.29, 0.717) is 0 Å². The van der Waals surface area contributed by atoms with Crippen molar-refractivity contribution < 1.29 is 18.8 Å². The molecule has 0 radical (unpaired) electrons. The maximum absolute atomic E-state index is 12.7. The number of carbonyl (C=O) groups excluding carboxylic acids is 1. The third-order valence-electron chi connectivity index (χ3n) is 6.83. The Morgan fingerprint density at radius 1 is 1.10 bits per heavy atom. The summed E-state index contributed by atoms with van der Waals surface area (Å²) in [4.78, 5) is 14.6. The molecular formula is C21H34BN3O4. The summed E-state index contributed by atoms with van der Waals surface area (Å²) in [5, 5.41) is 4.63. The van der Waals surface area contributed by atoms with Crippen molar-refractivity contribution in [1.82, 2.24) is 14.7 Å². The zero-order valence-corrected chi connectivity index (χ0v) is 18.8. The average Bonchev–Trinajstić information content (AvgIpc) is 3.20. The molecule has 1 amide bonds. The van der Waals surface area contributed by atoms with Crippen LogP contribution < -0.4 is 5.46 Å². The Balaban J connectivity index is 1.44. The zero-order chi connectivity index (χ0) is 21.2. The number of ether oxygens (including phenoxy) is 1. The first kappa shape index (κ1) is 20.7. The zero-order valence-electron chi connectivity index (χ0n) is 18.8. The van der Waals surface area contributed by atoms with Gasteiger partial charge in [-0.05, 0) is 74.1 Å². The normalized spacial score (nSPS) is 30.7. The fourth-order valence-corrected chi connectivity index (χ4v) is 4.63. The summed E-state index contributed by atoms with van der Waals surface area (Å²) in [5.74, 6) is 0. The SMILES string of the molecule is CC(C)(C)OC(=O)N1[C@@H]2CC[C@H]1CC(n1cc(B3OC(C)(C)C(C)(C)O3)cn1)C2. The molecule has 0 aliphatic carbocycles. The molecule has 0 N–H and O–H groups in total. The first-order valence-electron chi connectivity index (χ1n) is 10.8. The van der Waals surface area contributed by atoms with E-state index in [4.69, 9.17) is 14.0 Å². The molecule has 1 aromatic rings. The molecule has 1 aromatic heterocycles. The van der Waals surface area contributed by atoms with Gasteiger partial charge in [0.15, 0.2) is 0 Å². The van der Waals surface area contributed by atoms with E-state index in [-0.39, 0.29) is 35.4 Å². The number of carbonyl (C=O) groups is 1. The summed E-state index contributed by atoms with van der Waals surface area (Å²) in [6, 6.07) is 0.721. The second-order valence-electron chi connectivity index (χ2n) is 10.7. The fourth-order valence-electron chi connectivity index (χ4n) is 4.63. The minimum Gasteiger partial charge on any atom is -0.444 e. The van der Waals surface area contributed by atoms with E-state index in [0.717, 1.165) is 31.1 Å². The molecular weight excluding hydrogens is 369 g/mol. The van der Waals surface area contributed by atoms with E-state index in [1.165, 1.54) is 0 Å². The Morgan fingerprint density at radius 3 is 2.17 bits per heavy atom. The van der Waals surface area contributed by atoms with Crippen LogP contribution in [0.15, 0.2) is 12.4 Å². The van der Waals surface area contributed by atoms with Gasteiger partial charge in [-0.25, -0.2) is 4.79 Å². The predicted octanol–water partition coefficient (Wildman–Crippen LogP) is 3.29. The van der Waals surface area contributed by atoms with Crippen LogP contribution in [0.25, 0.3) is 0 Å². The second kappa shape index (κ2) is 6.74. The van der Waals surface area contributed by atoms with E-state index in [1.54, 1.807) is 0 Å². The van der Waals surface area contributed by atoms with Crippen molar-refractivity contribution in [2.24, 2.45) is 0 Å². The van der Waals surface area contributed by atoms with Crippen LogP contribution in [-0.2, 0) is 14.0 Å². The molecule has 7 nitrogen and oxygen atoms in total. The van der Waals surface area contributed by atoms with E-state index in [1.807, 2.05) is 36.5 Å². The Hall–Kier alpha value is -1.54. The molecule has 3 saturated heterocycles. The maximum Gasteiger partial charge on any atom is 0.498 e. The van der Waals surface area contributed by atoms with Gasteiger partial charge in [-0.2, -0.15) is 5.10 Å². The lowest BCUT2D eigenvalue weighted by molar-refractivity contribution is 0.00232. The summed E-state index contributed by atoms with van der Waals surface area (Å²) in [5.41, 5.74) is -0.243. The van der Waals surface area contributed by atoms with Crippen molar-refractivity contribution in [1.29, 1.82) is 0 Å². The molecule has 3 aliphatic heterocycles. The van der Waals surface area contributed by atoms with E-state index < -0.39 is 12.7 Å². The first-order valence-corrected chi connectivity index (χ1v) is 10.8. The van der Waals surface area contributed by atoms with Gasteiger partial charge in [0.1, 0.15) is 5.60 Å². The van der Waals surface area contributed by atoms with Crippen LogP contribution >= 0.6 is 0 Å². The number of nitrogens with zero attached hydrogens (tertiary/aromatic N) is 3. The number of rotatable bonds is 2. The lowest BCUT2D eigenvalue weighted by Crippen LogP contribution is -2.48. The smallest absolute Gasteiger partial charge is 0.444 e. The molecule has 3 fully saturated rings. The highest BCUT2D eigenvalue weighted by Crippen LogP contribution is 2.41. The van der Waals surface area contributed by atoms with Gasteiger partial charge in [0, 0.05) is 29.9 Å². The topological polar surface area (TPSA) is 65.8 Å². The number of fused-ring (bicyclic) bond motifs is 2. The number of piperidine rings is 1. The van der Waals surface area contributed by atoms with Crippen LogP contribution in [0.2, 0.25) is 0 Å². The molecule has 0 saturated carbocycles. The molecule has 0 aromatic carbocycles. The largest absolute Gasteiger partial charge is 0.498 e. The summed E-state index contributed by atoms with van der Waals surface area (Å²) in [6.07, 6.45) is 7.60. The lowest BCUT2D eigenvalue weighted by Gasteiger charge is -2.39. The fraction of sp³-hybridized carbons (Fsp3) is 0.810. The van der Waals surface area contributed by atoms with Gasteiger partial charge in [0.2, 0.25) is 0 Å². The van der Waals surface area contributed by atoms with Gasteiger partial charge < -0.3 is 18.9 Å². The van der Waals surface area contributed by atoms with Crippen molar-refractivity contribution in [2.75, 3.05) is 0 Å². The Bertz CT molecular complexity index is 755. The van der Waals surface area contributed by atoms with Crippen molar-refractivity contribution >= 4 is 18.7 Å². The molecule has 4 heterocycles. The number of hydrogen-bond donors (Lipinski definition) is 0. The molecule has 1 unspecified atom stereocenters. The van der Waals surface area contributed by atoms with Gasteiger partial charge in [-0.1, -0.05) is 0 Å². The molecule has 160 valence electrons. The third-order valence-corrected chi connectivity index (χ3v) is 6.83. The summed E-state index contributed by atoms with van der Waals surface area (Å²) in [6.45, 7) is 14.0. The van der Waals surface area contributed by atoms with Crippen LogP contribution in [0.4, 0.5) is 4.79 Å². The minimum atomic E-state index is -0.465. The van der Waals surface area contributed by atoms with E-state index in [2.05, 4.69) is 39.0 Å². The summed E-state index contributed by atoms with van der Waals surface area (Å²) in [7, 11) is -0.396. The molecule has 0 spiro atoms. The van der Waals surface area contributed by atoms with Crippen molar-refractivity contribution in [2.45, 2.75) is 109 Å². The van der Waals surface area contributed by atoms with Crippen molar-refractivity contribution in [3.8, 4) is 0 Å². The summed E-state index contributed by atoms with van der Waals surface area (Å²) >= 11 is 0. The highest BCUT2D eigenvalue weighted by atomic mass is 16.7. The molecule has 3 aliphatic rings. The third kappa shape index (κ3) is 3.81. The van der Waals surface area contributed by atoms with E-state index >= 15 is 0 Å².